The van der Waals surface area contributed by atoms with Crippen LogP contribution in [0.5, 0.6) is 0 Å². The standard InChI is InChI=1S/C21H21NO5/c23-19(24)21(26)11-5-10-18(21)22-20(25)27-12-17-15-8-3-1-6-13(15)14-7-2-4-9-16(14)17/h1-4,6-9,17-18,26H,5,10-12H2,(H,22,25)(H,23,24). The lowest BCUT2D eigenvalue weighted by atomic mass is 9.98. The van der Waals surface area contributed by atoms with Crippen LogP contribution in [-0.2, 0) is 9.53 Å². The van der Waals surface area contributed by atoms with Crippen LogP contribution >= 0.6 is 0 Å². The Kier molecular flexibility index (Phi) is 4.36. The molecule has 1 saturated carbocycles. The first-order valence-corrected chi connectivity index (χ1v) is 9.08. The van der Waals surface area contributed by atoms with Crippen LogP contribution in [0, 0.1) is 0 Å². The number of aliphatic carboxylic acids is 1. The van der Waals surface area contributed by atoms with Gasteiger partial charge in [0.1, 0.15) is 6.61 Å². The summed E-state index contributed by atoms with van der Waals surface area (Å²) in [6.07, 6.45) is 0.365. The SMILES string of the molecule is O=C(NC1CCCC1(O)C(=O)O)OCC1c2ccccc2-c2ccccc21. The number of rotatable bonds is 4. The van der Waals surface area contributed by atoms with E-state index in [2.05, 4.69) is 17.4 Å². The number of carboxylic acids is 1. The Morgan fingerprint density at radius 2 is 1.67 bits per heavy atom. The van der Waals surface area contributed by atoms with Crippen molar-refractivity contribution in [2.75, 3.05) is 6.61 Å². The molecule has 0 radical (unpaired) electrons. The summed E-state index contributed by atoms with van der Waals surface area (Å²) in [6.45, 7) is 0.151. The maximum Gasteiger partial charge on any atom is 0.407 e. The first kappa shape index (κ1) is 17.5. The highest BCUT2D eigenvalue weighted by Crippen LogP contribution is 2.44. The van der Waals surface area contributed by atoms with Crippen molar-refractivity contribution in [2.45, 2.75) is 36.8 Å². The average Bonchev–Trinajstić information content (AvgIpc) is 3.19. The third-order valence-corrected chi connectivity index (χ3v) is 5.63. The van der Waals surface area contributed by atoms with Crippen molar-refractivity contribution in [1.29, 1.82) is 0 Å². The lowest BCUT2D eigenvalue weighted by Gasteiger charge is -2.26. The molecule has 0 aromatic heterocycles. The van der Waals surface area contributed by atoms with Crippen LogP contribution in [0.15, 0.2) is 48.5 Å². The van der Waals surface area contributed by atoms with Crippen LogP contribution in [0.4, 0.5) is 4.79 Å². The van der Waals surface area contributed by atoms with Crippen molar-refractivity contribution in [3.05, 3.63) is 59.7 Å². The van der Waals surface area contributed by atoms with E-state index in [9.17, 15) is 19.8 Å². The fourth-order valence-electron chi connectivity index (χ4n) is 4.22. The summed E-state index contributed by atoms with van der Waals surface area (Å²) >= 11 is 0. The third-order valence-electron chi connectivity index (χ3n) is 5.63. The fourth-order valence-corrected chi connectivity index (χ4v) is 4.22. The largest absolute Gasteiger partial charge is 0.479 e. The second-order valence-electron chi connectivity index (χ2n) is 7.14. The smallest absolute Gasteiger partial charge is 0.407 e. The van der Waals surface area contributed by atoms with E-state index in [0.29, 0.717) is 12.8 Å². The zero-order chi connectivity index (χ0) is 19.0. The summed E-state index contributed by atoms with van der Waals surface area (Å²) in [5.74, 6) is -1.38. The maximum atomic E-state index is 12.3. The van der Waals surface area contributed by atoms with E-state index in [1.807, 2.05) is 36.4 Å². The Labute approximate surface area is 156 Å². The molecule has 0 saturated heterocycles. The molecular weight excluding hydrogens is 346 g/mol. The van der Waals surface area contributed by atoms with Crippen LogP contribution in [0.25, 0.3) is 11.1 Å². The van der Waals surface area contributed by atoms with E-state index in [0.717, 1.165) is 22.3 Å². The number of carbonyl (C=O) groups is 2. The van der Waals surface area contributed by atoms with Crippen molar-refractivity contribution < 1.29 is 24.5 Å². The molecule has 4 rings (SSSR count). The number of fused-ring (bicyclic) bond motifs is 3. The van der Waals surface area contributed by atoms with Gasteiger partial charge in [-0.3, -0.25) is 0 Å². The molecule has 0 spiro atoms. The molecule has 1 fully saturated rings. The Bertz CT molecular complexity index is 850. The van der Waals surface area contributed by atoms with E-state index in [-0.39, 0.29) is 18.9 Å². The number of carboxylic acid groups (broad SMARTS) is 1. The second-order valence-corrected chi connectivity index (χ2v) is 7.14. The van der Waals surface area contributed by atoms with Gasteiger partial charge >= 0.3 is 12.1 Å². The minimum absolute atomic E-state index is 0.0647. The molecule has 2 aromatic rings. The van der Waals surface area contributed by atoms with Crippen LogP contribution in [0.2, 0.25) is 0 Å². The minimum atomic E-state index is -1.93. The van der Waals surface area contributed by atoms with Gasteiger partial charge in [0.25, 0.3) is 0 Å². The minimum Gasteiger partial charge on any atom is -0.479 e. The summed E-state index contributed by atoms with van der Waals surface area (Å²) in [6, 6.07) is 15.2. The lowest BCUT2D eigenvalue weighted by Crippen LogP contribution is -2.54. The lowest BCUT2D eigenvalue weighted by molar-refractivity contribution is -0.159. The molecule has 2 aliphatic rings. The van der Waals surface area contributed by atoms with Gasteiger partial charge in [0.15, 0.2) is 5.60 Å². The molecule has 0 heterocycles. The monoisotopic (exact) mass is 367 g/mol. The topological polar surface area (TPSA) is 95.9 Å². The first-order valence-electron chi connectivity index (χ1n) is 9.08. The molecule has 2 atom stereocenters. The number of amides is 1. The molecular formula is C21H21NO5. The van der Waals surface area contributed by atoms with Gasteiger partial charge in [0.05, 0.1) is 6.04 Å². The predicted octanol–water partition coefficient (Wildman–Crippen LogP) is 2.89. The summed E-state index contributed by atoms with van der Waals surface area (Å²) < 4.78 is 5.42. The second kappa shape index (κ2) is 6.70. The number of hydrogen-bond acceptors (Lipinski definition) is 4. The van der Waals surface area contributed by atoms with Gasteiger partial charge in [-0.05, 0) is 41.5 Å². The van der Waals surface area contributed by atoms with Gasteiger partial charge < -0.3 is 20.3 Å². The van der Waals surface area contributed by atoms with Gasteiger partial charge in [0, 0.05) is 5.92 Å². The van der Waals surface area contributed by atoms with Crippen molar-refractivity contribution in [2.24, 2.45) is 0 Å². The highest BCUT2D eigenvalue weighted by Gasteiger charge is 2.48. The molecule has 0 bridgehead atoms. The molecule has 1 amide bonds. The highest BCUT2D eigenvalue weighted by molar-refractivity contribution is 5.81. The van der Waals surface area contributed by atoms with E-state index >= 15 is 0 Å². The number of aliphatic hydroxyl groups is 1. The van der Waals surface area contributed by atoms with E-state index < -0.39 is 23.7 Å². The Morgan fingerprint density at radius 1 is 1.07 bits per heavy atom. The number of nitrogens with one attached hydrogen (secondary N) is 1. The first-order chi connectivity index (χ1) is 13.0. The Morgan fingerprint density at radius 3 is 2.26 bits per heavy atom. The molecule has 3 N–H and O–H groups in total. The predicted molar refractivity (Wildman–Crippen MR) is 98.4 cm³/mol. The summed E-state index contributed by atoms with van der Waals surface area (Å²) in [5.41, 5.74) is 2.56. The summed E-state index contributed by atoms with van der Waals surface area (Å²) in [4.78, 5) is 23.6. The van der Waals surface area contributed by atoms with Crippen molar-refractivity contribution in [3.8, 4) is 11.1 Å². The number of benzene rings is 2. The van der Waals surface area contributed by atoms with Crippen LogP contribution < -0.4 is 5.32 Å². The zero-order valence-corrected chi connectivity index (χ0v) is 14.7. The molecule has 0 aliphatic heterocycles. The van der Waals surface area contributed by atoms with Gasteiger partial charge in [0.2, 0.25) is 0 Å². The summed E-state index contributed by atoms with van der Waals surface area (Å²) in [7, 11) is 0. The average molecular weight is 367 g/mol. The van der Waals surface area contributed by atoms with E-state index in [1.54, 1.807) is 0 Å². The fraction of sp³-hybridized carbons (Fsp3) is 0.333. The van der Waals surface area contributed by atoms with Gasteiger partial charge in [-0.15, -0.1) is 0 Å². The van der Waals surface area contributed by atoms with Crippen LogP contribution in [0.1, 0.15) is 36.3 Å². The van der Waals surface area contributed by atoms with Crippen LogP contribution in [0.3, 0.4) is 0 Å². The molecule has 27 heavy (non-hydrogen) atoms. The van der Waals surface area contributed by atoms with E-state index in [1.165, 1.54) is 0 Å². The number of ether oxygens (including phenoxy) is 1. The number of carbonyl (C=O) groups excluding carboxylic acids is 1. The Balaban J connectivity index is 1.46. The molecule has 2 aromatic carbocycles. The molecule has 2 aliphatic carbocycles. The van der Waals surface area contributed by atoms with Crippen LogP contribution in [-0.4, -0.2) is 40.5 Å². The number of alkyl carbamates (subject to hydrolysis) is 1. The highest BCUT2D eigenvalue weighted by atomic mass is 16.5. The maximum absolute atomic E-state index is 12.3. The molecule has 140 valence electrons. The van der Waals surface area contributed by atoms with Crippen molar-refractivity contribution >= 4 is 12.1 Å². The quantitative estimate of drug-likeness (QED) is 0.772. The van der Waals surface area contributed by atoms with Gasteiger partial charge in [-0.2, -0.15) is 0 Å². The number of hydrogen-bond donors (Lipinski definition) is 3. The Hall–Kier alpha value is -2.86. The normalized spacial score (nSPS) is 23.5. The van der Waals surface area contributed by atoms with Crippen molar-refractivity contribution in [3.63, 3.8) is 0 Å². The van der Waals surface area contributed by atoms with Gasteiger partial charge in [-0.25, -0.2) is 9.59 Å². The van der Waals surface area contributed by atoms with Gasteiger partial charge in [-0.1, -0.05) is 48.5 Å². The van der Waals surface area contributed by atoms with E-state index in [4.69, 9.17) is 4.74 Å². The third kappa shape index (κ3) is 2.96. The molecule has 6 heteroatoms. The summed E-state index contributed by atoms with van der Waals surface area (Å²) in [5, 5.41) is 22.0. The zero-order valence-electron chi connectivity index (χ0n) is 14.7. The molecule has 2 unspecified atom stereocenters. The van der Waals surface area contributed by atoms with Crippen molar-refractivity contribution in [1.82, 2.24) is 5.32 Å². The molecule has 6 nitrogen and oxygen atoms in total.